The second-order valence-corrected chi connectivity index (χ2v) is 7.08. The summed E-state index contributed by atoms with van der Waals surface area (Å²) < 4.78 is 105. The van der Waals surface area contributed by atoms with E-state index >= 15 is 0 Å². The molecule has 0 unspecified atom stereocenters. The van der Waals surface area contributed by atoms with Crippen molar-refractivity contribution in [2.45, 2.75) is 11.4 Å². The molecule has 0 heterocycles. The lowest BCUT2D eigenvalue weighted by Crippen LogP contribution is -2.36. The van der Waals surface area contributed by atoms with Crippen molar-refractivity contribution in [1.82, 2.24) is 4.31 Å². The van der Waals surface area contributed by atoms with Gasteiger partial charge >= 0.3 is 5.97 Å². The molecular formula is C15H9F6NO4S. The van der Waals surface area contributed by atoms with E-state index in [1.807, 2.05) is 0 Å². The van der Waals surface area contributed by atoms with Gasteiger partial charge in [0.05, 0.1) is 0 Å². The van der Waals surface area contributed by atoms with Crippen molar-refractivity contribution in [3.63, 3.8) is 0 Å². The van der Waals surface area contributed by atoms with Gasteiger partial charge in [0.1, 0.15) is 11.4 Å². The highest BCUT2D eigenvalue weighted by Gasteiger charge is 2.34. The summed E-state index contributed by atoms with van der Waals surface area (Å²) in [6, 6.07) is 2.45. The van der Waals surface area contributed by atoms with Crippen LogP contribution in [0.1, 0.15) is 5.56 Å². The first-order valence-corrected chi connectivity index (χ1v) is 8.38. The molecule has 0 fully saturated rings. The minimum atomic E-state index is -5.27. The zero-order chi connectivity index (χ0) is 20.5. The molecule has 0 aromatic heterocycles. The Bertz CT molecular complexity index is 1010. The van der Waals surface area contributed by atoms with Crippen molar-refractivity contribution >= 4 is 16.0 Å². The standard InChI is InChI=1S/C15H9F6NO4S/c16-8-3-1-2-7(12(8)18)5-22(6-11(23)24)27(25,26)10-4-9(17)13(19)15(21)14(10)20/h1-4H,5-6H2,(H,23,24). The number of carboxylic acids is 1. The molecule has 0 saturated carbocycles. The summed E-state index contributed by atoms with van der Waals surface area (Å²) in [5, 5.41) is 8.84. The molecule has 0 amide bonds. The third-order valence-electron chi connectivity index (χ3n) is 3.38. The van der Waals surface area contributed by atoms with Crippen molar-refractivity contribution in [3.8, 4) is 0 Å². The van der Waals surface area contributed by atoms with Gasteiger partial charge in [0.25, 0.3) is 0 Å². The summed E-state index contributed by atoms with van der Waals surface area (Å²) in [6.07, 6.45) is 0. The van der Waals surface area contributed by atoms with E-state index < -0.39 is 74.4 Å². The molecule has 0 spiro atoms. The maximum Gasteiger partial charge on any atom is 0.318 e. The molecule has 1 N–H and O–H groups in total. The molecule has 0 bridgehead atoms. The predicted octanol–water partition coefficient (Wildman–Crippen LogP) is 2.80. The van der Waals surface area contributed by atoms with Crippen molar-refractivity contribution in [2.24, 2.45) is 0 Å². The molecule has 0 aliphatic carbocycles. The molecule has 146 valence electrons. The topological polar surface area (TPSA) is 74.7 Å². The number of rotatable bonds is 6. The van der Waals surface area contributed by atoms with Crippen molar-refractivity contribution in [3.05, 3.63) is 64.7 Å². The SMILES string of the molecule is O=C(O)CN(Cc1cccc(F)c1F)S(=O)(=O)c1cc(F)c(F)c(F)c1F. The van der Waals surface area contributed by atoms with Crippen molar-refractivity contribution in [1.29, 1.82) is 0 Å². The van der Waals surface area contributed by atoms with Crippen LogP contribution in [0.25, 0.3) is 0 Å². The van der Waals surface area contributed by atoms with Crippen LogP contribution in [0.5, 0.6) is 0 Å². The molecule has 0 radical (unpaired) electrons. The molecule has 2 aromatic rings. The van der Waals surface area contributed by atoms with Gasteiger partial charge in [-0.25, -0.2) is 34.8 Å². The minimum absolute atomic E-state index is 0.0532. The number of benzene rings is 2. The lowest BCUT2D eigenvalue weighted by Gasteiger charge is -2.21. The number of hydrogen-bond donors (Lipinski definition) is 1. The fraction of sp³-hybridized carbons (Fsp3) is 0.133. The Morgan fingerprint density at radius 1 is 0.926 bits per heavy atom. The van der Waals surface area contributed by atoms with E-state index in [-0.39, 0.29) is 10.4 Å². The lowest BCUT2D eigenvalue weighted by atomic mass is 10.2. The first kappa shape index (κ1) is 20.7. The van der Waals surface area contributed by atoms with E-state index in [1.165, 1.54) is 0 Å². The van der Waals surface area contributed by atoms with Crippen LogP contribution in [0.4, 0.5) is 26.3 Å². The van der Waals surface area contributed by atoms with Crippen LogP contribution in [-0.2, 0) is 21.4 Å². The van der Waals surface area contributed by atoms with Gasteiger partial charge in [-0.15, -0.1) is 0 Å². The molecule has 0 aliphatic rings. The number of aliphatic carboxylic acids is 1. The molecule has 12 heteroatoms. The van der Waals surface area contributed by atoms with E-state index in [0.29, 0.717) is 6.07 Å². The van der Waals surface area contributed by atoms with Gasteiger partial charge < -0.3 is 5.11 Å². The number of carbonyl (C=O) groups is 1. The van der Waals surface area contributed by atoms with Crippen molar-refractivity contribution in [2.75, 3.05) is 6.54 Å². The summed E-state index contributed by atoms with van der Waals surface area (Å²) in [5.41, 5.74) is -0.622. The van der Waals surface area contributed by atoms with Gasteiger partial charge in [0.15, 0.2) is 34.9 Å². The normalized spacial score (nSPS) is 11.8. The number of nitrogens with zero attached hydrogens (tertiary/aromatic N) is 1. The third-order valence-corrected chi connectivity index (χ3v) is 5.17. The van der Waals surface area contributed by atoms with Crippen LogP contribution < -0.4 is 0 Å². The van der Waals surface area contributed by atoms with Gasteiger partial charge in [-0.1, -0.05) is 12.1 Å². The number of carboxylic acid groups (broad SMARTS) is 1. The van der Waals surface area contributed by atoms with Crippen LogP contribution in [0.2, 0.25) is 0 Å². The maximum atomic E-state index is 13.8. The smallest absolute Gasteiger partial charge is 0.318 e. The Morgan fingerprint density at radius 3 is 2.15 bits per heavy atom. The van der Waals surface area contributed by atoms with Gasteiger partial charge in [-0.3, -0.25) is 4.79 Å². The highest BCUT2D eigenvalue weighted by atomic mass is 32.2. The number of halogens is 6. The average Bonchev–Trinajstić information content (AvgIpc) is 2.59. The third kappa shape index (κ3) is 4.06. The van der Waals surface area contributed by atoms with E-state index in [0.717, 1.165) is 12.1 Å². The van der Waals surface area contributed by atoms with E-state index in [4.69, 9.17) is 5.11 Å². The molecule has 2 aromatic carbocycles. The molecule has 0 atom stereocenters. The summed E-state index contributed by atoms with van der Waals surface area (Å²) >= 11 is 0. The van der Waals surface area contributed by atoms with Crippen LogP contribution in [0, 0.1) is 34.9 Å². The monoisotopic (exact) mass is 413 g/mol. The predicted molar refractivity (Wildman–Crippen MR) is 77.9 cm³/mol. The van der Waals surface area contributed by atoms with E-state index in [9.17, 15) is 39.6 Å². The second-order valence-electron chi connectivity index (χ2n) is 5.18. The molecule has 5 nitrogen and oxygen atoms in total. The van der Waals surface area contributed by atoms with Crippen LogP contribution in [0.15, 0.2) is 29.2 Å². The Morgan fingerprint density at radius 2 is 1.56 bits per heavy atom. The fourth-order valence-corrected chi connectivity index (χ4v) is 3.55. The first-order chi connectivity index (χ1) is 12.5. The maximum absolute atomic E-state index is 13.8. The molecule has 0 aliphatic heterocycles. The summed E-state index contributed by atoms with van der Waals surface area (Å²) in [7, 11) is -5.27. The first-order valence-electron chi connectivity index (χ1n) is 6.94. The largest absolute Gasteiger partial charge is 0.480 e. The van der Waals surface area contributed by atoms with Crippen LogP contribution in [0.3, 0.4) is 0 Å². The highest BCUT2D eigenvalue weighted by Crippen LogP contribution is 2.27. The highest BCUT2D eigenvalue weighted by molar-refractivity contribution is 7.89. The zero-order valence-electron chi connectivity index (χ0n) is 13.0. The summed E-state index contributed by atoms with van der Waals surface area (Å²) in [5.74, 6) is -13.7. The molecule has 27 heavy (non-hydrogen) atoms. The van der Waals surface area contributed by atoms with Gasteiger partial charge in [0.2, 0.25) is 10.0 Å². The Hall–Kier alpha value is -2.60. The Kier molecular flexibility index (Phi) is 5.80. The van der Waals surface area contributed by atoms with Gasteiger partial charge in [-0.05, 0) is 6.07 Å². The van der Waals surface area contributed by atoms with Crippen LogP contribution in [-0.4, -0.2) is 30.3 Å². The quantitative estimate of drug-likeness (QED) is 0.449. The minimum Gasteiger partial charge on any atom is -0.480 e. The second kappa shape index (κ2) is 7.56. The van der Waals surface area contributed by atoms with Crippen LogP contribution >= 0.6 is 0 Å². The van der Waals surface area contributed by atoms with E-state index in [2.05, 4.69) is 0 Å². The van der Waals surface area contributed by atoms with Crippen molar-refractivity contribution < 1.29 is 44.7 Å². The Balaban J connectivity index is 2.59. The molecular weight excluding hydrogens is 404 g/mol. The van der Waals surface area contributed by atoms with Gasteiger partial charge in [0, 0.05) is 18.2 Å². The lowest BCUT2D eigenvalue weighted by molar-refractivity contribution is -0.137. The summed E-state index contributed by atoms with van der Waals surface area (Å²) in [4.78, 5) is 9.23. The Labute approximate surface area is 148 Å². The molecule has 2 rings (SSSR count). The fourth-order valence-electron chi connectivity index (χ4n) is 2.12. The molecule has 0 saturated heterocycles. The average molecular weight is 413 g/mol. The number of hydrogen-bond acceptors (Lipinski definition) is 3. The van der Waals surface area contributed by atoms with E-state index in [1.54, 1.807) is 0 Å². The van der Waals surface area contributed by atoms with Gasteiger partial charge in [-0.2, -0.15) is 4.31 Å². The summed E-state index contributed by atoms with van der Waals surface area (Å²) in [6.45, 7) is -2.48. The number of sulfonamides is 1. The zero-order valence-corrected chi connectivity index (χ0v) is 13.8.